The van der Waals surface area contributed by atoms with Crippen LogP contribution < -0.4 is 4.57 Å². The molecule has 2 heteroatoms. The molecule has 0 aliphatic rings. The highest BCUT2D eigenvalue weighted by molar-refractivity contribution is 9.10. The van der Waals surface area contributed by atoms with E-state index in [1.54, 1.807) is 0 Å². The molecule has 0 saturated heterocycles. The van der Waals surface area contributed by atoms with E-state index in [9.17, 15) is 0 Å². The Kier molecular flexibility index (Phi) is 2.64. The third-order valence-corrected chi connectivity index (χ3v) is 2.68. The minimum Gasteiger partial charge on any atom is -0.208 e. The third kappa shape index (κ3) is 2.02. The normalized spacial score (nSPS) is 10.1. The van der Waals surface area contributed by atoms with Crippen LogP contribution in [0.3, 0.4) is 0 Å². The molecule has 0 bridgehead atoms. The summed E-state index contributed by atoms with van der Waals surface area (Å²) in [5, 5.41) is 0. The lowest BCUT2D eigenvalue weighted by Gasteiger charge is -1.99. The second-order valence-corrected chi connectivity index (χ2v) is 4.17. The third-order valence-electron chi connectivity index (χ3n) is 2.16. The zero-order valence-electron chi connectivity index (χ0n) is 7.94. The van der Waals surface area contributed by atoms with E-state index >= 15 is 0 Å². The van der Waals surface area contributed by atoms with Crippen molar-refractivity contribution < 1.29 is 4.57 Å². The molecule has 70 valence electrons. The van der Waals surface area contributed by atoms with Crippen molar-refractivity contribution in [3.63, 3.8) is 0 Å². The molecular weight excluding hydrogens is 238 g/mol. The number of pyridine rings is 1. The van der Waals surface area contributed by atoms with Crippen LogP contribution in [0.25, 0.3) is 11.1 Å². The Morgan fingerprint density at radius 1 is 0.857 bits per heavy atom. The highest BCUT2D eigenvalue weighted by Crippen LogP contribution is 2.20. The summed E-state index contributed by atoms with van der Waals surface area (Å²) < 4.78 is 3.14. The molecule has 14 heavy (non-hydrogen) atoms. The van der Waals surface area contributed by atoms with Gasteiger partial charge in [0.25, 0.3) is 0 Å². The molecular formula is C12H11BrN+. The number of nitrogens with zero attached hydrogens (tertiary/aromatic N) is 1. The van der Waals surface area contributed by atoms with E-state index in [4.69, 9.17) is 0 Å². The second kappa shape index (κ2) is 3.93. The summed E-state index contributed by atoms with van der Waals surface area (Å²) in [5.41, 5.74) is 2.49. The first-order valence-corrected chi connectivity index (χ1v) is 5.26. The molecule has 0 spiro atoms. The first kappa shape index (κ1) is 9.41. The largest absolute Gasteiger partial charge is 0.208 e. The maximum atomic E-state index is 3.43. The molecule has 0 fully saturated rings. The lowest BCUT2D eigenvalue weighted by atomic mass is 10.1. The zero-order valence-corrected chi connectivity index (χ0v) is 9.53. The number of aryl methyl sites for hydroxylation is 1. The van der Waals surface area contributed by atoms with Crippen molar-refractivity contribution in [3.8, 4) is 11.1 Å². The molecule has 0 atom stereocenters. The Morgan fingerprint density at radius 2 is 1.36 bits per heavy atom. The van der Waals surface area contributed by atoms with Crippen LogP contribution in [-0.2, 0) is 7.05 Å². The van der Waals surface area contributed by atoms with E-state index in [1.807, 2.05) is 11.6 Å². The first-order chi connectivity index (χ1) is 6.75. The summed E-state index contributed by atoms with van der Waals surface area (Å²) in [6, 6.07) is 12.6. The molecule has 1 nitrogen and oxygen atoms in total. The van der Waals surface area contributed by atoms with Crippen molar-refractivity contribution in [2.75, 3.05) is 0 Å². The van der Waals surface area contributed by atoms with Crippen LogP contribution in [0.15, 0.2) is 53.3 Å². The quantitative estimate of drug-likeness (QED) is 0.684. The molecule has 1 heterocycles. The average molecular weight is 249 g/mol. The number of aromatic nitrogens is 1. The molecule has 0 aliphatic heterocycles. The molecule has 0 saturated carbocycles. The molecule has 2 rings (SSSR count). The first-order valence-electron chi connectivity index (χ1n) is 4.47. The fourth-order valence-corrected chi connectivity index (χ4v) is 1.60. The Labute approximate surface area is 92.2 Å². The van der Waals surface area contributed by atoms with Crippen LogP contribution >= 0.6 is 15.9 Å². The van der Waals surface area contributed by atoms with Crippen molar-refractivity contribution in [3.05, 3.63) is 53.3 Å². The predicted molar refractivity (Wildman–Crippen MR) is 60.8 cm³/mol. The van der Waals surface area contributed by atoms with Gasteiger partial charge in [-0.25, -0.2) is 4.57 Å². The lowest BCUT2D eigenvalue weighted by molar-refractivity contribution is -0.671. The van der Waals surface area contributed by atoms with Crippen LogP contribution in [0.5, 0.6) is 0 Å². The summed E-state index contributed by atoms with van der Waals surface area (Å²) in [5.74, 6) is 0. The molecule has 1 aromatic carbocycles. The molecule has 2 aromatic rings. The maximum Gasteiger partial charge on any atom is 0.169 e. The van der Waals surface area contributed by atoms with Gasteiger partial charge in [-0.15, -0.1) is 0 Å². The highest BCUT2D eigenvalue weighted by atomic mass is 79.9. The van der Waals surface area contributed by atoms with Gasteiger partial charge in [0.15, 0.2) is 12.4 Å². The van der Waals surface area contributed by atoms with Crippen molar-refractivity contribution in [1.82, 2.24) is 0 Å². The summed E-state index contributed by atoms with van der Waals surface area (Å²) >= 11 is 3.43. The van der Waals surface area contributed by atoms with Crippen LogP contribution in [0.4, 0.5) is 0 Å². The van der Waals surface area contributed by atoms with Gasteiger partial charge in [-0.3, -0.25) is 0 Å². The zero-order chi connectivity index (χ0) is 9.97. The minimum absolute atomic E-state index is 1.11. The standard InChI is InChI=1S/C12H11BrN/c1-14-8-6-11(7-9-14)10-2-4-12(13)5-3-10/h2-9H,1H3/q+1. The average Bonchev–Trinajstić information content (AvgIpc) is 2.21. The Balaban J connectivity index is 2.40. The fraction of sp³-hybridized carbons (Fsp3) is 0.0833. The smallest absolute Gasteiger partial charge is 0.169 e. The van der Waals surface area contributed by atoms with Gasteiger partial charge in [0, 0.05) is 16.6 Å². The van der Waals surface area contributed by atoms with Gasteiger partial charge in [0.2, 0.25) is 0 Å². The molecule has 1 aromatic heterocycles. The summed E-state index contributed by atoms with van der Waals surface area (Å²) in [7, 11) is 2.02. The Morgan fingerprint density at radius 3 is 1.93 bits per heavy atom. The van der Waals surface area contributed by atoms with E-state index in [0.29, 0.717) is 0 Å². The monoisotopic (exact) mass is 248 g/mol. The van der Waals surface area contributed by atoms with Crippen molar-refractivity contribution >= 4 is 15.9 Å². The SMILES string of the molecule is C[n+]1ccc(-c2ccc(Br)cc2)cc1. The van der Waals surface area contributed by atoms with Gasteiger partial charge in [-0.05, 0) is 23.3 Å². The molecule has 0 aliphatic carbocycles. The summed E-state index contributed by atoms with van der Waals surface area (Å²) in [4.78, 5) is 0. The van der Waals surface area contributed by atoms with E-state index in [1.165, 1.54) is 11.1 Å². The maximum absolute atomic E-state index is 3.43. The fourth-order valence-electron chi connectivity index (χ4n) is 1.34. The summed E-state index contributed by atoms with van der Waals surface area (Å²) in [6.45, 7) is 0. The lowest BCUT2D eigenvalue weighted by Crippen LogP contribution is -2.25. The van der Waals surface area contributed by atoms with Gasteiger partial charge in [0.1, 0.15) is 7.05 Å². The van der Waals surface area contributed by atoms with Gasteiger partial charge in [-0.1, -0.05) is 28.1 Å². The topological polar surface area (TPSA) is 3.88 Å². The number of hydrogen-bond donors (Lipinski definition) is 0. The van der Waals surface area contributed by atoms with Crippen LogP contribution in [-0.4, -0.2) is 0 Å². The van der Waals surface area contributed by atoms with Crippen LogP contribution in [0.2, 0.25) is 0 Å². The van der Waals surface area contributed by atoms with E-state index in [2.05, 4.69) is 64.7 Å². The molecule has 0 N–H and O–H groups in total. The predicted octanol–water partition coefficient (Wildman–Crippen LogP) is 2.94. The number of rotatable bonds is 1. The summed E-state index contributed by atoms with van der Waals surface area (Å²) in [6.07, 6.45) is 4.11. The van der Waals surface area contributed by atoms with Crippen molar-refractivity contribution in [2.24, 2.45) is 7.05 Å². The van der Waals surface area contributed by atoms with Crippen molar-refractivity contribution in [2.45, 2.75) is 0 Å². The van der Waals surface area contributed by atoms with Crippen LogP contribution in [0.1, 0.15) is 0 Å². The second-order valence-electron chi connectivity index (χ2n) is 3.26. The van der Waals surface area contributed by atoms with Crippen LogP contribution in [0, 0.1) is 0 Å². The van der Waals surface area contributed by atoms with E-state index < -0.39 is 0 Å². The molecule has 0 unspecified atom stereocenters. The number of benzene rings is 1. The van der Waals surface area contributed by atoms with E-state index in [-0.39, 0.29) is 0 Å². The van der Waals surface area contributed by atoms with Gasteiger partial charge in [-0.2, -0.15) is 0 Å². The van der Waals surface area contributed by atoms with E-state index in [0.717, 1.165) is 4.47 Å². The minimum atomic E-state index is 1.11. The highest BCUT2D eigenvalue weighted by Gasteiger charge is 1.98. The van der Waals surface area contributed by atoms with Gasteiger partial charge < -0.3 is 0 Å². The molecule has 0 amide bonds. The van der Waals surface area contributed by atoms with Gasteiger partial charge >= 0.3 is 0 Å². The Hall–Kier alpha value is -1.15. The number of halogens is 1. The number of hydrogen-bond acceptors (Lipinski definition) is 0. The molecule has 0 radical (unpaired) electrons. The van der Waals surface area contributed by atoms with Gasteiger partial charge in [0.05, 0.1) is 0 Å². The van der Waals surface area contributed by atoms with Crippen molar-refractivity contribution in [1.29, 1.82) is 0 Å². The Bertz CT molecular complexity index is 374.